The Balaban J connectivity index is 2.38. The van der Waals surface area contributed by atoms with Crippen LogP contribution in [0.3, 0.4) is 0 Å². The highest BCUT2D eigenvalue weighted by molar-refractivity contribution is 6.30. The van der Waals surface area contributed by atoms with Gasteiger partial charge in [-0.05, 0) is 19.4 Å². The number of aromatic carboxylic acids is 1. The minimum atomic E-state index is -1.13. The van der Waals surface area contributed by atoms with Crippen molar-refractivity contribution >= 4 is 17.6 Å². The molecule has 0 amide bonds. The first kappa shape index (κ1) is 9.48. The first-order valence-electron chi connectivity index (χ1n) is 4.32. The van der Waals surface area contributed by atoms with Gasteiger partial charge in [-0.25, -0.2) is 4.79 Å². The molecule has 0 spiro atoms. The third kappa shape index (κ3) is 1.49. The summed E-state index contributed by atoms with van der Waals surface area (Å²) >= 11 is 5.76. The lowest BCUT2D eigenvalue weighted by Crippen LogP contribution is -2.15. The Kier molecular flexibility index (Phi) is 2.43. The third-order valence-corrected chi connectivity index (χ3v) is 2.56. The van der Waals surface area contributed by atoms with Gasteiger partial charge in [0.15, 0.2) is 5.15 Å². The van der Waals surface area contributed by atoms with E-state index in [2.05, 4.69) is 15.0 Å². The zero-order valence-electron chi connectivity index (χ0n) is 7.29. The first-order valence-corrected chi connectivity index (χ1v) is 4.69. The molecule has 1 atom stereocenters. The summed E-state index contributed by atoms with van der Waals surface area (Å²) in [4.78, 5) is 10.8. The van der Waals surface area contributed by atoms with Gasteiger partial charge < -0.3 is 14.9 Å². The van der Waals surface area contributed by atoms with Gasteiger partial charge in [0.05, 0.1) is 5.56 Å². The number of aromatic nitrogens is 1. The topological polar surface area (TPSA) is 75.4 Å². The Morgan fingerprint density at radius 1 is 1.71 bits per heavy atom. The number of carboxylic acids is 1. The summed E-state index contributed by atoms with van der Waals surface area (Å²) < 4.78 is 4.65. The molecule has 1 aromatic rings. The molecule has 1 aliphatic heterocycles. The van der Waals surface area contributed by atoms with Crippen LogP contribution in [0.1, 0.15) is 35.0 Å². The summed E-state index contributed by atoms with van der Waals surface area (Å²) in [5.74, 6) is -1.29. The molecule has 0 bridgehead atoms. The molecule has 1 aliphatic rings. The Labute approximate surface area is 85.0 Å². The summed E-state index contributed by atoms with van der Waals surface area (Å²) in [6.45, 7) is 0.866. The second kappa shape index (κ2) is 3.59. The normalized spacial score (nSPS) is 21.4. The van der Waals surface area contributed by atoms with E-state index in [4.69, 9.17) is 16.7 Å². The van der Waals surface area contributed by atoms with Crippen molar-refractivity contribution in [3.05, 3.63) is 16.5 Å². The predicted octanol–water partition coefficient (Wildman–Crippen LogP) is 1.45. The summed E-state index contributed by atoms with van der Waals surface area (Å²) in [6.07, 6.45) is 1.87. The minimum absolute atomic E-state index is 0.0418. The van der Waals surface area contributed by atoms with Crippen LogP contribution in [-0.2, 0) is 0 Å². The van der Waals surface area contributed by atoms with E-state index in [-0.39, 0.29) is 17.0 Å². The van der Waals surface area contributed by atoms with Gasteiger partial charge in [-0.2, -0.15) is 0 Å². The monoisotopic (exact) mass is 216 g/mol. The molecule has 2 heterocycles. The maximum absolute atomic E-state index is 10.8. The van der Waals surface area contributed by atoms with E-state index in [1.165, 1.54) is 0 Å². The lowest BCUT2D eigenvalue weighted by Gasteiger charge is -2.07. The van der Waals surface area contributed by atoms with E-state index in [1.807, 2.05) is 0 Å². The number of hydrogen-bond acceptors (Lipinski definition) is 4. The third-order valence-electron chi connectivity index (χ3n) is 2.29. The number of hydrogen-bond donors (Lipinski definition) is 2. The smallest absolute Gasteiger partial charge is 0.375 e. The average Bonchev–Trinajstić information content (AvgIpc) is 2.71. The second-order valence-corrected chi connectivity index (χ2v) is 3.53. The van der Waals surface area contributed by atoms with Crippen molar-refractivity contribution in [2.75, 3.05) is 6.54 Å². The Bertz CT molecular complexity index is 357. The number of carbonyl (C=O) groups is 1. The number of rotatable bonds is 2. The zero-order chi connectivity index (χ0) is 10.1. The maximum Gasteiger partial charge on any atom is 0.375 e. The molecule has 1 saturated heterocycles. The summed E-state index contributed by atoms with van der Waals surface area (Å²) in [5.41, 5.74) is 0.469. The number of halogens is 1. The van der Waals surface area contributed by atoms with Crippen LogP contribution in [0.25, 0.3) is 0 Å². The summed E-state index contributed by atoms with van der Waals surface area (Å²) in [6, 6.07) is -0.0418. The lowest BCUT2D eigenvalue weighted by molar-refractivity contribution is 0.0649. The van der Waals surface area contributed by atoms with E-state index in [1.54, 1.807) is 0 Å². The Hall–Kier alpha value is -1.07. The Morgan fingerprint density at radius 2 is 2.50 bits per heavy atom. The van der Waals surface area contributed by atoms with E-state index in [0.29, 0.717) is 5.56 Å². The molecule has 6 heteroatoms. The molecule has 0 saturated carbocycles. The van der Waals surface area contributed by atoms with Crippen LogP contribution >= 0.6 is 11.6 Å². The fraction of sp³-hybridized carbons (Fsp3) is 0.500. The number of carboxylic acid groups (broad SMARTS) is 1. The highest BCUT2D eigenvalue weighted by Gasteiger charge is 2.29. The van der Waals surface area contributed by atoms with Gasteiger partial charge in [-0.1, -0.05) is 16.8 Å². The fourth-order valence-corrected chi connectivity index (χ4v) is 1.92. The van der Waals surface area contributed by atoms with Crippen LogP contribution in [0.15, 0.2) is 4.52 Å². The van der Waals surface area contributed by atoms with Crippen LogP contribution in [0.4, 0.5) is 0 Å². The standard InChI is InChI=1S/C8H9ClN2O3/c9-7-5(4-2-1-3-10-4)6(8(12)13)14-11-7/h4,10H,1-3H2,(H,12,13). The van der Waals surface area contributed by atoms with Crippen molar-refractivity contribution in [3.63, 3.8) is 0 Å². The zero-order valence-corrected chi connectivity index (χ0v) is 8.04. The summed E-state index contributed by atoms with van der Waals surface area (Å²) in [7, 11) is 0. The van der Waals surface area contributed by atoms with Crippen LogP contribution in [0.2, 0.25) is 5.15 Å². The molecule has 14 heavy (non-hydrogen) atoms. The minimum Gasteiger partial charge on any atom is -0.475 e. The first-order chi connectivity index (χ1) is 6.70. The maximum atomic E-state index is 10.8. The van der Waals surface area contributed by atoms with E-state index >= 15 is 0 Å². The van der Waals surface area contributed by atoms with Crippen LogP contribution in [0.5, 0.6) is 0 Å². The second-order valence-electron chi connectivity index (χ2n) is 3.17. The molecule has 0 radical (unpaired) electrons. The van der Waals surface area contributed by atoms with Gasteiger partial charge >= 0.3 is 5.97 Å². The predicted molar refractivity (Wildman–Crippen MR) is 48.5 cm³/mol. The van der Waals surface area contributed by atoms with Crippen molar-refractivity contribution < 1.29 is 14.4 Å². The lowest BCUT2D eigenvalue weighted by atomic mass is 10.1. The highest BCUT2D eigenvalue weighted by Crippen LogP contribution is 2.31. The van der Waals surface area contributed by atoms with Gasteiger partial charge in [-0.3, -0.25) is 0 Å². The summed E-state index contributed by atoms with van der Waals surface area (Å²) in [5, 5.41) is 15.6. The van der Waals surface area contributed by atoms with Crippen LogP contribution in [-0.4, -0.2) is 22.8 Å². The molecule has 5 nitrogen and oxygen atoms in total. The SMILES string of the molecule is O=C(O)c1onc(Cl)c1C1CCCN1. The van der Waals surface area contributed by atoms with Gasteiger partial charge in [-0.15, -0.1) is 0 Å². The molecule has 2 rings (SSSR count). The van der Waals surface area contributed by atoms with Crippen molar-refractivity contribution in [1.82, 2.24) is 10.5 Å². The van der Waals surface area contributed by atoms with E-state index in [0.717, 1.165) is 19.4 Å². The Morgan fingerprint density at radius 3 is 3.07 bits per heavy atom. The molecule has 0 aliphatic carbocycles. The van der Waals surface area contributed by atoms with Gasteiger partial charge in [0.2, 0.25) is 5.76 Å². The van der Waals surface area contributed by atoms with Crippen molar-refractivity contribution in [2.45, 2.75) is 18.9 Å². The van der Waals surface area contributed by atoms with Crippen molar-refractivity contribution in [1.29, 1.82) is 0 Å². The van der Waals surface area contributed by atoms with E-state index < -0.39 is 5.97 Å². The quantitative estimate of drug-likeness (QED) is 0.783. The van der Waals surface area contributed by atoms with Crippen molar-refractivity contribution in [2.24, 2.45) is 0 Å². The van der Waals surface area contributed by atoms with Crippen LogP contribution < -0.4 is 5.32 Å². The molecule has 2 N–H and O–H groups in total. The molecule has 76 valence electrons. The van der Waals surface area contributed by atoms with E-state index in [9.17, 15) is 4.79 Å². The molecule has 1 fully saturated rings. The number of nitrogens with one attached hydrogen (secondary N) is 1. The molecule has 0 aromatic carbocycles. The molecular formula is C8H9ClN2O3. The van der Waals surface area contributed by atoms with Crippen LogP contribution in [0, 0.1) is 0 Å². The highest BCUT2D eigenvalue weighted by atomic mass is 35.5. The number of nitrogens with zero attached hydrogens (tertiary/aromatic N) is 1. The van der Waals surface area contributed by atoms with Gasteiger partial charge in [0, 0.05) is 6.04 Å². The molecule has 1 unspecified atom stereocenters. The average molecular weight is 217 g/mol. The molecule has 1 aromatic heterocycles. The van der Waals surface area contributed by atoms with Gasteiger partial charge in [0.1, 0.15) is 0 Å². The van der Waals surface area contributed by atoms with Gasteiger partial charge in [0.25, 0.3) is 0 Å². The molecular weight excluding hydrogens is 208 g/mol. The largest absolute Gasteiger partial charge is 0.475 e. The fourth-order valence-electron chi connectivity index (χ4n) is 1.66. The van der Waals surface area contributed by atoms with Crippen molar-refractivity contribution in [3.8, 4) is 0 Å².